The Balaban J connectivity index is 2.46. The Morgan fingerprint density at radius 1 is 0.839 bits per heavy atom. The maximum atomic E-state index is 14.0. The van der Waals surface area contributed by atoms with Crippen molar-refractivity contribution in [1.29, 1.82) is 0 Å². The zero-order chi connectivity index (χ0) is 23.5. The van der Waals surface area contributed by atoms with Crippen molar-refractivity contribution in [3.63, 3.8) is 0 Å². The second-order valence-electron chi connectivity index (χ2n) is 6.37. The van der Waals surface area contributed by atoms with E-state index in [4.69, 9.17) is 9.26 Å². The number of hydrogen-bond acceptors (Lipinski definition) is 5. The average Bonchev–Trinajstić information content (AvgIpc) is 2.69. The molecular formula is C18H16F6NO5P. The molecule has 0 amide bonds. The predicted molar refractivity (Wildman–Crippen MR) is 95.3 cm³/mol. The van der Waals surface area contributed by atoms with Crippen LogP contribution in [0.15, 0.2) is 24.3 Å². The van der Waals surface area contributed by atoms with Crippen molar-refractivity contribution in [2.24, 2.45) is 0 Å². The molecule has 0 saturated carbocycles. The van der Waals surface area contributed by atoms with E-state index in [9.17, 15) is 35.7 Å². The van der Waals surface area contributed by atoms with Crippen LogP contribution in [0.4, 0.5) is 26.3 Å². The summed E-state index contributed by atoms with van der Waals surface area (Å²) in [6, 6.07) is 2.16. The Hall–Kier alpha value is -2.72. The lowest BCUT2D eigenvalue weighted by Crippen LogP contribution is -2.37. The molecule has 2 atom stereocenters. The quantitative estimate of drug-likeness (QED) is 0.192. The lowest BCUT2D eigenvalue weighted by Gasteiger charge is -2.24. The molecule has 2 unspecified atom stereocenters. The second kappa shape index (κ2) is 9.61. The fraction of sp³-hybridized carbons (Fsp3) is 0.278. The van der Waals surface area contributed by atoms with Crippen LogP contribution in [-0.4, -0.2) is 18.1 Å². The normalized spacial score (nSPS) is 14.1. The number of ether oxygens (including phenoxy) is 1. The number of rotatable bonds is 8. The predicted octanol–water partition coefficient (Wildman–Crippen LogP) is 5.02. The van der Waals surface area contributed by atoms with Crippen LogP contribution in [0.25, 0.3) is 0 Å². The van der Waals surface area contributed by atoms with Crippen molar-refractivity contribution < 1.29 is 49.5 Å². The zero-order valence-electron chi connectivity index (χ0n) is 16.2. The first kappa shape index (κ1) is 24.5. The third-order valence-electron chi connectivity index (χ3n) is 3.48. The fourth-order valence-corrected chi connectivity index (χ4v) is 3.64. The number of halogens is 6. The first-order chi connectivity index (χ1) is 14.3. The van der Waals surface area contributed by atoms with Gasteiger partial charge < -0.3 is 13.8 Å². The van der Waals surface area contributed by atoms with E-state index in [2.05, 4.69) is 4.52 Å². The molecule has 1 N–H and O–H groups in total. The summed E-state index contributed by atoms with van der Waals surface area (Å²) in [7, 11) is -5.05. The Morgan fingerprint density at radius 2 is 1.32 bits per heavy atom. The van der Waals surface area contributed by atoms with E-state index in [0.717, 1.165) is 31.2 Å². The van der Waals surface area contributed by atoms with Crippen molar-refractivity contribution in [2.75, 3.05) is 0 Å². The van der Waals surface area contributed by atoms with Gasteiger partial charge in [0.15, 0.2) is 0 Å². The highest BCUT2D eigenvalue weighted by molar-refractivity contribution is 7.52. The highest BCUT2D eigenvalue weighted by Crippen LogP contribution is 2.47. The van der Waals surface area contributed by atoms with Crippen LogP contribution in [0.3, 0.4) is 0 Å². The van der Waals surface area contributed by atoms with Crippen molar-refractivity contribution in [3.05, 3.63) is 59.2 Å². The molecule has 0 heterocycles. The summed E-state index contributed by atoms with van der Waals surface area (Å²) in [5, 5.41) is 1.99. The van der Waals surface area contributed by atoms with E-state index in [1.807, 2.05) is 5.09 Å². The first-order valence-corrected chi connectivity index (χ1v) is 10.1. The van der Waals surface area contributed by atoms with E-state index in [-0.39, 0.29) is 5.75 Å². The zero-order valence-corrected chi connectivity index (χ0v) is 17.1. The Bertz CT molecular complexity index is 988. The van der Waals surface area contributed by atoms with Gasteiger partial charge in [-0.1, -0.05) is 0 Å². The van der Waals surface area contributed by atoms with Gasteiger partial charge in [-0.05, 0) is 45.0 Å². The maximum absolute atomic E-state index is 14.0. The van der Waals surface area contributed by atoms with Crippen LogP contribution < -0.4 is 14.1 Å². The number of carbonyl (C=O) groups excluding carboxylic acids is 1. The Labute approximate surface area is 172 Å². The minimum absolute atomic E-state index is 0.370. The molecule has 2 aromatic carbocycles. The largest absolute Gasteiger partial charge is 0.513 e. The number of hydrogen-bond donors (Lipinski definition) is 1. The van der Waals surface area contributed by atoms with Crippen LogP contribution in [0.1, 0.15) is 20.8 Å². The van der Waals surface area contributed by atoms with Gasteiger partial charge in [0.1, 0.15) is 17.6 Å². The molecule has 0 spiro atoms. The molecule has 0 radical (unpaired) electrons. The van der Waals surface area contributed by atoms with Gasteiger partial charge in [0.25, 0.3) is 0 Å². The summed E-state index contributed by atoms with van der Waals surface area (Å²) in [4.78, 5) is 12.0. The topological polar surface area (TPSA) is 73.9 Å². The maximum Gasteiger partial charge on any atom is 0.513 e. The lowest BCUT2D eigenvalue weighted by molar-refractivity contribution is -0.149. The fourth-order valence-electron chi connectivity index (χ4n) is 2.11. The molecule has 0 aliphatic carbocycles. The molecule has 170 valence electrons. The Morgan fingerprint density at radius 3 is 1.81 bits per heavy atom. The molecule has 0 bridgehead atoms. The van der Waals surface area contributed by atoms with Gasteiger partial charge in [-0.15, -0.1) is 0 Å². The van der Waals surface area contributed by atoms with Gasteiger partial charge in [-0.25, -0.2) is 22.1 Å². The lowest BCUT2D eigenvalue weighted by atomic mass is 10.3. The third-order valence-corrected chi connectivity index (χ3v) is 5.06. The number of nitrogens with one attached hydrogen (secondary N) is 1. The van der Waals surface area contributed by atoms with Crippen molar-refractivity contribution >= 4 is 13.7 Å². The summed E-state index contributed by atoms with van der Waals surface area (Å²) < 4.78 is 109. The molecule has 31 heavy (non-hydrogen) atoms. The molecule has 0 saturated heterocycles. The van der Waals surface area contributed by atoms with Crippen molar-refractivity contribution in [3.8, 4) is 11.5 Å². The van der Waals surface area contributed by atoms with Gasteiger partial charge in [-0.2, -0.15) is 13.9 Å². The SMILES string of the molecule is CC(C)OC(=O)C(C)NP(=O)(Oc1ccc(F)cc1)Oc1c(F)c(F)c(F)c(F)c1F. The van der Waals surface area contributed by atoms with Crippen LogP contribution in [0.5, 0.6) is 11.5 Å². The smallest absolute Gasteiger partial charge is 0.462 e. The van der Waals surface area contributed by atoms with Crippen LogP contribution in [-0.2, 0) is 14.1 Å². The van der Waals surface area contributed by atoms with Gasteiger partial charge in [0.05, 0.1) is 6.10 Å². The summed E-state index contributed by atoms with van der Waals surface area (Å²) >= 11 is 0. The average molecular weight is 471 g/mol. The molecule has 0 fully saturated rings. The molecular weight excluding hydrogens is 455 g/mol. The number of carbonyl (C=O) groups is 1. The van der Waals surface area contributed by atoms with Crippen LogP contribution in [0.2, 0.25) is 0 Å². The second-order valence-corrected chi connectivity index (χ2v) is 7.99. The summed E-state index contributed by atoms with van der Waals surface area (Å²) in [5.41, 5.74) is 0. The first-order valence-electron chi connectivity index (χ1n) is 8.59. The molecule has 2 aromatic rings. The van der Waals surface area contributed by atoms with Crippen LogP contribution in [0, 0.1) is 34.9 Å². The number of benzene rings is 2. The summed E-state index contributed by atoms with van der Waals surface area (Å²) in [5.74, 6) is -16.0. The summed E-state index contributed by atoms with van der Waals surface area (Å²) in [6.07, 6.45) is -0.592. The van der Waals surface area contributed by atoms with E-state index >= 15 is 0 Å². The highest BCUT2D eigenvalue weighted by Gasteiger charge is 2.38. The van der Waals surface area contributed by atoms with Gasteiger partial charge in [0, 0.05) is 0 Å². The van der Waals surface area contributed by atoms with Gasteiger partial charge in [0.2, 0.25) is 34.8 Å². The van der Waals surface area contributed by atoms with Gasteiger partial charge >= 0.3 is 13.7 Å². The van der Waals surface area contributed by atoms with E-state index in [0.29, 0.717) is 0 Å². The minimum Gasteiger partial charge on any atom is -0.462 e. The molecule has 0 aromatic heterocycles. The standard InChI is InChI=1S/C18H16F6NO5P/c1-8(2)28-18(26)9(3)25-31(27,29-11-6-4-10(19)5-7-11)30-17-15(23)13(21)12(20)14(22)16(17)24/h4-9H,1-3H3,(H,25,27). The molecule has 13 heteroatoms. The number of esters is 1. The molecule has 0 aliphatic heterocycles. The molecule has 6 nitrogen and oxygen atoms in total. The third kappa shape index (κ3) is 5.92. The molecule has 0 aliphatic rings. The van der Waals surface area contributed by atoms with Crippen molar-refractivity contribution in [1.82, 2.24) is 5.09 Å². The summed E-state index contributed by atoms with van der Waals surface area (Å²) in [6.45, 7) is 4.13. The van der Waals surface area contributed by atoms with Crippen molar-refractivity contribution in [2.45, 2.75) is 32.9 Å². The van der Waals surface area contributed by atoms with Gasteiger partial charge in [-0.3, -0.25) is 4.79 Å². The minimum atomic E-state index is -5.05. The van der Waals surface area contributed by atoms with Crippen LogP contribution >= 0.6 is 7.75 Å². The van der Waals surface area contributed by atoms with E-state index in [1.54, 1.807) is 0 Å². The van der Waals surface area contributed by atoms with E-state index < -0.39 is 66.5 Å². The highest BCUT2D eigenvalue weighted by atomic mass is 31.2. The monoisotopic (exact) mass is 471 g/mol. The van der Waals surface area contributed by atoms with E-state index in [1.165, 1.54) is 13.8 Å². The Kier molecular flexibility index (Phi) is 7.61. The molecule has 2 rings (SSSR count).